The molecule has 41 heavy (non-hydrogen) atoms. The van der Waals surface area contributed by atoms with E-state index in [2.05, 4.69) is 23.5 Å². The van der Waals surface area contributed by atoms with E-state index in [4.69, 9.17) is 11.2 Å². The van der Waals surface area contributed by atoms with Gasteiger partial charge in [-0.1, -0.05) is 74.6 Å². The lowest BCUT2D eigenvalue weighted by Crippen LogP contribution is -2.55. The van der Waals surface area contributed by atoms with Gasteiger partial charge in [-0.05, 0) is 69.2 Å². The average molecular weight is 558 g/mol. The molecule has 0 spiro atoms. The van der Waals surface area contributed by atoms with Crippen molar-refractivity contribution in [2.75, 3.05) is 0 Å². The summed E-state index contributed by atoms with van der Waals surface area (Å²) in [7, 11) is 0. The summed E-state index contributed by atoms with van der Waals surface area (Å²) in [5.41, 5.74) is 1.57. The Labute approximate surface area is 244 Å². The van der Waals surface area contributed by atoms with Gasteiger partial charge in [0.15, 0.2) is 0 Å². The van der Waals surface area contributed by atoms with Crippen LogP contribution in [0, 0.1) is 18.3 Å². The summed E-state index contributed by atoms with van der Waals surface area (Å²) in [5.74, 6) is 2.35. The lowest BCUT2D eigenvalue weighted by Gasteiger charge is -2.36. The smallest absolute Gasteiger partial charge is 0.408 e. The van der Waals surface area contributed by atoms with Crippen LogP contribution >= 0.6 is 0 Å². The maximum absolute atomic E-state index is 14.6. The first-order chi connectivity index (χ1) is 19.6. The molecule has 2 saturated carbocycles. The Balaban J connectivity index is 1.71. The SMILES string of the molecule is C#Cc1ccc(C(C(=O)NC2CCCCC2)N(C(=O)C(Cc2ccccc2)NC(=O)OC(C)(C)C)C2CC2C)cc1. The summed E-state index contributed by atoms with van der Waals surface area (Å²) in [6.07, 6.45) is 11.2. The predicted octanol–water partition coefficient (Wildman–Crippen LogP) is 5.53. The monoisotopic (exact) mass is 557 g/mol. The van der Waals surface area contributed by atoms with Crippen LogP contribution in [0.25, 0.3) is 0 Å². The Morgan fingerprint density at radius 3 is 2.22 bits per heavy atom. The van der Waals surface area contributed by atoms with Crippen LogP contribution in [0.4, 0.5) is 4.79 Å². The number of carbonyl (C=O) groups excluding carboxylic acids is 3. The van der Waals surface area contributed by atoms with Crippen molar-refractivity contribution in [2.24, 2.45) is 5.92 Å². The molecular formula is C34H43N3O4. The van der Waals surface area contributed by atoms with E-state index in [1.165, 1.54) is 6.42 Å². The largest absolute Gasteiger partial charge is 0.444 e. The van der Waals surface area contributed by atoms with E-state index < -0.39 is 23.8 Å². The molecule has 4 unspecified atom stereocenters. The zero-order valence-electron chi connectivity index (χ0n) is 24.7. The van der Waals surface area contributed by atoms with Crippen LogP contribution in [-0.4, -0.2) is 46.5 Å². The number of hydrogen-bond acceptors (Lipinski definition) is 4. The van der Waals surface area contributed by atoms with Crippen LogP contribution < -0.4 is 10.6 Å². The van der Waals surface area contributed by atoms with Gasteiger partial charge in [-0.2, -0.15) is 0 Å². The van der Waals surface area contributed by atoms with E-state index in [0.29, 0.717) is 11.1 Å². The van der Waals surface area contributed by atoms with Gasteiger partial charge in [0.25, 0.3) is 0 Å². The number of rotatable bonds is 9. The number of benzene rings is 2. The maximum atomic E-state index is 14.6. The van der Waals surface area contributed by atoms with Gasteiger partial charge >= 0.3 is 6.09 Å². The quantitative estimate of drug-likeness (QED) is 0.397. The Kier molecular flexibility index (Phi) is 9.75. The summed E-state index contributed by atoms with van der Waals surface area (Å²) < 4.78 is 5.53. The van der Waals surface area contributed by atoms with Crippen LogP contribution in [0.15, 0.2) is 54.6 Å². The highest BCUT2D eigenvalue weighted by atomic mass is 16.6. The van der Waals surface area contributed by atoms with Crippen molar-refractivity contribution in [3.05, 3.63) is 71.3 Å². The molecular weight excluding hydrogens is 514 g/mol. The average Bonchev–Trinajstić information content (AvgIpc) is 3.66. The third kappa shape index (κ3) is 8.36. The van der Waals surface area contributed by atoms with E-state index in [1.807, 2.05) is 42.5 Å². The van der Waals surface area contributed by atoms with Gasteiger partial charge in [0.2, 0.25) is 11.8 Å². The summed E-state index contributed by atoms with van der Waals surface area (Å²) >= 11 is 0. The minimum atomic E-state index is -0.921. The van der Waals surface area contributed by atoms with E-state index in [-0.39, 0.29) is 36.2 Å². The molecule has 2 aromatic carbocycles. The normalized spacial score (nSPS) is 20.2. The van der Waals surface area contributed by atoms with E-state index in [1.54, 1.807) is 37.8 Å². The van der Waals surface area contributed by atoms with Crippen molar-refractivity contribution >= 4 is 17.9 Å². The minimum Gasteiger partial charge on any atom is -0.444 e. The summed E-state index contributed by atoms with van der Waals surface area (Å²) in [4.78, 5) is 43.3. The first kappa shape index (κ1) is 30.2. The van der Waals surface area contributed by atoms with Crippen molar-refractivity contribution in [3.8, 4) is 12.3 Å². The molecule has 0 aromatic heterocycles. The lowest BCUT2D eigenvalue weighted by atomic mass is 9.94. The first-order valence-electron chi connectivity index (χ1n) is 14.8. The van der Waals surface area contributed by atoms with Gasteiger partial charge < -0.3 is 20.3 Å². The van der Waals surface area contributed by atoms with Gasteiger partial charge in [-0.3, -0.25) is 9.59 Å². The van der Waals surface area contributed by atoms with Crippen LogP contribution in [0.5, 0.6) is 0 Å². The minimum absolute atomic E-state index is 0.0808. The third-order valence-corrected chi connectivity index (χ3v) is 7.82. The predicted molar refractivity (Wildman–Crippen MR) is 160 cm³/mol. The molecule has 2 aromatic rings. The Bertz CT molecular complexity index is 1240. The molecule has 0 radical (unpaired) electrons. The molecule has 7 nitrogen and oxygen atoms in total. The van der Waals surface area contributed by atoms with Crippen molar-refractivity contribution in [1.82, 2.24) is 15.5 Å². The Morgan fingerprint density at radius 1 is 1.02 bits per heavy atom. The number of carbonyl (C=O) groups is 3. The summed E-state index contributed by atoms with van der Waals surface area (Å²) in [6, 6.07) is 15.0. The zero-order valence-corrected chi connectivity index (χ0v) is 24.7. The number of terminal acetylenes is 1. The summed E-state index contributed by atoms with van der Waals surface area (Å²) in [6.45, 7) is 7.43. The number of hydrogen-bond donors (Lipinski definition) is 2. The van der Waals surface area contributed by atoms with E-state index >= 15 is 0 Å². The molecule has 2 aliphatic carbocycles. The second-order valence-corrected chi connectivity index (χ2v) is 12.4. The van der Waals surface area contributed by atoms with Gasteiger partial charge in [0.1, 0.15) is 17.7 Å². The van der Waals surface area contributed by atoms with Crippen LogP contribution in [0.2, 0.25) is 0 Å². The number of amides is 3. The highest BCUT2D eigenvalue weighted by Crippen LogP contribution is 2.41. The van der Waals surface area contributed by atoms with E-state index in [0.717, 1.165) is 37.7 Å². The van der Waals surface area contributed by atoms with Gasteiger partial charge in [0, 0.05) is 24.1 Å². The van der Waals surface area contributed by atoms with Crippen LogP contribution in [0.1, 0.15) is 89.0 Å². The first-order valence-corrected chi connectivity index (χ1v) is 14.8. The number of nitrogens with zero attached hydrogens (tertiary/aromatic N) is 1. The highest BCUT2D eigenvalue weighted by molar-refractivity contribution is 5.93. The Morgan fingerprint density at radius 2 is 1.66 bits per heavy atom. The fourth-order valence-electron chi connectivity index (χ4n) is 5.58. The van der Waals surface area contributed by atoms with Gasteiger partial charge in [0.05, 0.1) is 0 Å². The van der Waals surface area contributed by atoms with Crippen molar-refractivity contribution in [1.29, 1.82) is 0 Å². The molecule has 3 amide bonds. The standard InChI is InChI=1S/C34H43N3O4/c1-6-24-17-19-26(20-18-24)30(31(38)35-27-15-11-8-12-16-27)37(29-21-23(29)2)32(39)28(22-25-13-9-7-10-14-25)36-33(40)41-34(3,4)5/h1,7,9-10,13-14,17-20,23,27-30H,8,11-12,15-16,21-22H2,2-5H3,(H,35,38)(H,36,40). The molecule has 2 fully saturated rings. The van der Waals surface area contributed by atoms with Crippen molar-refractivity contribution in [3.63, 3.8) is 0 Å². The number of alkyl carbamates (subject to hydrolysis) is 1. The lowest BCUT2D eigenvalue weighted by molar-refractivity contribution is -0.143. The molecule has 0 saturated heterocycles. The van der Waals surface area contributed by atoms with Crippen LogP contribution in [0.3, 0.4) is 0 Å². The molecule has 2 aliphatic rings. The topological polar surface area (TPSA) is 87.7 Å². The molecule has 0 aliphatic heterocycles. The highest BCUT2D eigenvalue weighted by Gasteiger charge is 2.48. The van der Waals surface area contributed by atoms with Crippen molar-refractivity contribution in [2.45, 2.75) is 102 Å². The molecule has 0 heterocycles. The maximum Gasteiger partial charge on any atom is 0.408 e. The van der Waals surface area contributed by atoms with Crippen LogP contribution in [-0.2, 0) is 20.7 Å². The molecule has 218 valence electrons. The zero-order chi connectivity index (χ0) is 29.6. The second-order valence-electron chi connectivity index (χ2n) is 12.4. The van der Waals surface area contributed by atoms with Crippen molar-refractivity contribution < 1.29 is 19.1 Å². The summed E-state index contributed by atoms with van der Waals surface area (Å²) in [5, 5.41) is 6.09. The van der Waals surface area contributed by atoms with Gasteiger partial charge in [-0.25, -0.2) is 4.79 Å². The molecule has 7 heteroatoms. The fourth-order valence-corrected chi connectivity index (χ4v) is 5.58. The third-order valence-electron chi connectivity index (χ3n) is 7.82. The molecule has 0 bridgehead atoms. The number of ether oxygens (including phenoxy) is 1. The molecule has 4 atom stereocenters. The van der Waals surface area contributed by atoms with Gasteiger partial charge in [-0.15, -0.1) is 6.42 Å². The molecule has 2 N–H and O–H groups in total. The Hall–Kier alpha value is -3.79. The molecule has 4 rings (SSSR count). The second kappa shape index (κ2) is 13.2. The van der Waals surface area contributed by atoms with E-state index in [9.17, 15) is 14.4 Å². The number of nitrogens with one attached hydrogen (secondary N) is 2. The fraction of sp³-hybridized carbons (Fsp3) is 0.500.